The lowest BCUT2D eigenvalue weighted by Crippen LogP contribution is -2.38. The van der Waals surface area contributed by atoms with Gasteiger partial charge in [-0.15, -0.1) is 11.8 Å². The molecule has 0 heterocycles. The van der Waals surface area contributed by atoms with Crippen molar-refractivity contribution < 1.29 is 9.84 Å². The van der Waals surface area contributed by atoms with Gasteiger partial charge in [0.05, 0.1) is 13.2 Å². The molecule has 0 bridgehead atoms. The van der Waals surface area contributed by atoms with E-state index in [1.165, 1.54) is 11.8 Å². The molecule has 0 aromatic heterocycles. The fourth-order valence-corrected chi connectivity index (χ4v) is 2.34. The first-order valence-corrected chi connectivity index (χ1v) is 6.20. The number of halogens is 1. The maximum absolute atomic E-state index is 9.26. The summed E-state index contributed by atoms with van der Waals surface area (Å²) in [7, 11) is 1.60. The summed E-state index contributed by atoms with van der Waals surface area (Å²) < 4.78 is 4.97. The van der Waals surface area contributed by atoms with Crippen LogP contribution in [0.2, 0.25) is 5.02 Å². The van der Waals surface area contributed by atoms with Crippen molar-refractivity contribution in [1.29, 1.82) is 0 Å². The lowest BCUT2D eigenvalue weighted by molar-refractivity contribution is 0.167. The van der Waals surface area contributed by atoms with Crippen LogP contribution in [-0.4, -0.2) is 36.7 Å². The van der Waals surface area contributed by atoms with Crippen LogP contribution in [0.25, 0.3) is 0 Å². The van der Waals surface area contributed by atoms with E-state index in [1.807, 2.05) is 24.3 Å². The van der Waals surface area contributed by atoms with E-state index >= 15 is 0 Å². The molecule has 0 aliphatic heterocycles. The summed E-state index contributed by atoms with van der Waals surface area (Å²) in [4.78, 5) is 1.04. The molecule has 0 fully saturated rings. The number of ether oxygens (including phenoxy) is 1. The third-order valence-corrected chi connectivity index (χ3v) is 3.72. The molecule has 3 N–H and O–H groups in total. The third kappa shape index (κ3) is 4.31. The van der Waals surface area contributed by atoms with Crippen LogP contribution in [0.15, 0.2) is 29.2 Å². The average Bonchev–Trinajstić information content (AvgIpc) is 2.28. The molecule has 16 heavy (non-hydrogen) atoms. The number of aliphatic hydroxyl groups excluding tert-OH is 1. The van der Waals surface area contributed by atoms with Gasteiger partial charge in [-0.2, -0.15) is 0 Å². The SMILES string of the molecule is COCC(N)C(CO)Sc1ccc(Cl)cc1. The molecule has 0 amide bonds. The van der Waals surface area contributed by atoms with E-state index in [0.717, 1.165) is 4.90 Å². The van der Waals surface area contributed by atoms with Gasteiger partial charge in [0.15, 0.2) is 0 Å². The molecule has 1 aromatic rings. The minimum atomic E-state index is -0.185. The van der Waals surface area contributed by atoms with E-state index in [1.54, 1.807) is 7.11 Å². The Hall–Kier alpha value is -0.260. The van der Waals surface area contributed by atoms with Crippen LogP contribution in [-0.2, 0) is 4.74 Å². The highest BCUT2D eigenvalue weighted by Gasteiger charge is 2.18. The molecule has 0 aliphatic rings. The molecule has 0 saturated heterocycles. The Morgan fingerprint density at radius 3 is 2.56 bits per heavy atom. The molecule has 2 unspecified atom stereocenters. The molecule has 0 aliphatic carbocycles. The average molecular weight is 262 g/mol. The summed E-state index contributed by atoms with van der Waals surface area (Å²) in [6.07, 6.45) is 0. The van der Waals surface area contributed by atoms with Crippen molar-refractivity contribution in [2.75, 3.05) is 20.3 Å². The van der Waals surface area contributed by atoms with Crippen LogP contribution in [0.1, 0.15) is 0 Å². The topological polar surface area (TPSA) is 55.5 Å². The predicted octanol–water partition coefficient (Wildman–Crippen LogP) is 1.77. The number of rotatable bonds is 6. The second-order valence-electron chi connectivity index (χ2n) is 3.41. The van der Waals surface area contributed by atoms with Crippen molar-refractivity contribution in [2.24, 2.45) is 5.73 Å². The number of hydrogen-bond donors (Lipinski definition) is 2. The highest BCUT2D eigenvalue weighted by atomic mass is 35.5. The number of methoxy groups -OCH3 is 1. The zero-order valence-electron chi connectivity index (χ0n) is 9.10. The number of aliphatic hydroxyl groups is 1. The van der Waals surface area contributed by atoms with Crippen LogP contribution in [0.3, 0.4) is 0 Å². The maximum atomic E-state index is 9.26. The molecule has 0 saturated carbocycles. The highest BCUT2D eigenvalue weighted by Crippen LogP contribution is 2.26. The number of hydrogen-bond acceptors (Lipinski definition) is 4. The third-order valence-electron chi connectivity index (χ3n) is 2.12. The number of benzene rings is 1. The molecule has 0 radical (unpaired) electrons. The Bertz CT molecular complexity index is 307. The van der Waals surface area contributed by atoms with E-state index in [9.17, 15) is 5.11 Å². The zero-order valence-corrected chi connectivity index (χ0v) is 10.7. The van der Waals surface area contributed by atoms with Gasteiger partial charge in [0.25, 0.3) is 0 Å². The van der Waals surface area contributed by atoms with Crippen molar-refractivity contribution in [3.05, 3.63) is 29.3 Å². The van der Waals surface area contributed by atoms with Gasteiger partial charge in [-0.3, -0.25) is 0 Å². The first-order valence-electron chi connectivity index (χ1n) is 4.95. The molecular formula is C11H16ClNO2S. The van der Waals surface area contributed by atoms with Gasteiger partial charge in [0.1, 0.15) is 0 Å². The fourth-order valence-electron chi connectivity index (χ4n) is 1.25. The summed E-state index contributed by atoms with van der Waals surface area (Å²) in [5, 5.41) is 9.89. The van der Waals surface area contributed by atoms with Gasteiger partial charge in [-0.1, -0.05) is 11.6 Å². The summed E-state index contributed by atoms with van der Waals surface area (Å²) >= 11 is 7.32. The van der Waals surface area contributed by atoms with Crippen LogP contribution >= 0.6 is 23.4 Å². The molecule has 5 heteroatoms. The van der Waals surface area contributed by atoms with Gasteiger partial charge >= 0.3 is 0 Å². The Morgan fingerprint density at radius 1 is 1.44 bits per heavy atom. The van der Waals surface area contributed by atoms with Gasteiger partial charge in [0, 0.05) is 28.3 Å². The number of nitrogens with two attached hydrogens (primary N) is 1. The molecule has 3 nitrogen and oxygen atoms in total. The Kier molecular flexibility index (Phi) is 6.16. The van der Waals surface area contributed by atoms with Crippen molar-refractivity contribution >= 4 is 23.4 Å². The van der Waals surface area contributed by atoms with Crippen molar-refractivity contribution in [3.8, 4) is 0 Å². The first-order chi connectivity index (χ1) is 7.67. The Balaban J connectivity index is 2.59. The van der Waals surface area contributed by atoms with E-state index in [0.29, 0.717) is 11.6 Å². The number of thioether (sulfide) groups is 1. The zero-order chi connectivity index (χ0) is 12.0. The maximum Gasteiger partial charge on any atom is 0.0625 e. The van der Waals surface area contributed by atoms with Crippen LogP contribution < -0.4 is 5.73 Å². The van der Waals surface area contributed by atoms with Gasteiger partial charge in [0.2, 0.25) is 0 Å². The molecular weight excluding hydrogens is 246 g/mol. The van der Waals surface area contributed by atoms with Gasteiger partial charge in [-0.05, 0) is 24.3 Å². The van der Waals surface area contributed by atoms with Crippen molar-refractivity contribution in [3.63, 3.8) is 0 Å². The Morgan fingerprint density at radius 2 is 2.06 bits per heavy atom. The van der Waals surface area contributed by atoms with E-state index in [-0.39, 0.29) is 17.9 Å². The fraction of sp³-hybridized carbons (Fsp3) is 0.455. The minimum Gasteiger partial charge on any atom is -0.395 e. The molecule has 2 atom stereocenters. The lowest BCUT2D eigenvalue weighted by atomic mass is 10.2. The largest absolute Gasteiger partial charge is 0.395 e. The van der Waals surface area contributed by atoms with Gasteiger partial charge in [-0.25, -0.2) is 0 Å². The molecule has 0 spiro atoms. The van der Waals surface area contributed by atoms with Crippen molar-refractivity contribution in [2.45, 2.75) is 16.2 Å². The summed E-state index contributed by atoms with van der Waals surface area (Å²) in [5.74, 6) is 0. The van der Waals surface area contributed by atoms with E-state index in [4.69, 9.17) is 22.1 Å². The monoisotopic (exact) mass is 261 g/mol. The first kappa shape index (κ1) is 13.8. The normalized spacial score (nSPS) is 14.8. The van der Waals surface area contributed by atoms with Gasteiger partial charge < -0.3 is 15.6 Å². The molecule has 1 aromatic carbocycles. The second kappa shape index (κ2) is 7.14. The minimum absolute atomic E-state index is 0.0256. The highest BCUT2D eigenvalue weighted by molar-refractivity contribution is 8.00. The predicted molar refractivity (Wildman–Crippen MR) is 68.0 cm³/mol. The van der Waals surface area contributed by atoms with Crippen molar-refractivity contribution in [1.82, 2.24) is 0 Å². The summed E-state index contributed by atoms with van der Waals surface area (Å²) in [6.45, 7) is 0.462. The standard InChI is InChI=1S/C11H16ClNO2S/c1-15-7-10(13)11(6-14)16-9-4-2-8(12)3-5-9/h2-5,10-11,14H,6-7,13H2,1H3. The van der Waals surface area contributed by atoms with E-state index in [2.05, 4.69) is 0 Å². The van der Waals surface area contributed by atoms with Crippen LogP contribution in [0.5, 0.6) is 0 Å². The summed E-state index contributed by atoms with van der Waals surface area (Å²) in [5.41, 5.74) is 5.88. The lowest BCUT2D eigenvalue weighted by Gasteiger charge is -2.20. The second-order valence-corrected chi connectivity index (χ2v) is 5.16. The molecule has 90 valence electrons. The Labute approximate surface area is 105 Å². The quantitative estimate of drug-likeness (QED) is 0.767. The van der Waals surface area contributed by atoms with Crippen LogP contribution in [0, 0.1) is 0 Å². The van der Waals surface area contributed by atoms with Crippen LogP contribution in [0.4, 0.5) is 0 Å². The smallest absolute Gasteiger partial charge is 0.0625 e. The summed E-state index contributed by atoms with van der Waals surface area (Å²) in [6, 6.07) is 7.28. The molecule has 1 rings (SSSR count). The van der Waals surface area contributed by atoms with E-state index < -0.39 is 0 Å².